The molecule has 1 unspecified atom stereocenters. The third-order valence-electron chi connectivity index (χ3n) is 3.00. The molecule has 1 amide bonds. The second-order valence-corrected chi connectivity index (χ2v) is 3.91. The molecule has 1 saturated heterocycles. The molecule has 0 spiro atoms. The van der Waals surface area contributed by atoms with E-state index in [4.69, 9.17) is 10.00 Å². The minimum atomic E-state index is -0.423. The molecule has 1 aliphatic heterocycles. The lowest BCUT2D eigenvalue weighted by molar-refractivity contribution is -0.148. The van der Waals surface area contributed by atoms with Crippen molar-refractivity contribution in [1.29, 1.82) is 5.26 Å². The number of carbonyl (C=O) groups excluding carboxylic acids is 1. The lowest BCUT2D eigenvalue weighted by Gasteiger charge is -2.34. The van der Waals surface area contributed by atoms with E-state index in [9.17, 15) is 4.79 Å². The highest BCUT2D eigenvalue weighted by Crippen LogP contribution is 2.25. The van der Waals surface area contributed by atoms with E-state index in [2.05, 4.69) is 6.07 Å². The summed E-state index contributed by atoms with van der Waals surface area (Å²) >= 11 is 0. The molecule has 0 radical (unpaired) electrons. The summed E-state index contributed by atoms with van der Waals surface area (Å²) in [5.74, 6) is 0.0448. The number of hydrogen-bond acceptors (Lipinski definition) is 3. The zero-order valence-corrected chi connectivity index (χ0v) is 8.11. The molecule has 1 aliphatic carbocycles. The van der Waals surface area contributed by atoms with Crippen molar-refractivity contribution in [2.24, 2.45) is 0 Å². The van der Waals surface area contributed by atoms with Gasteiger partial charge in [0.2, 0.25) is 5.91 Å². The molecule has 0 aromatic carbocycles. The van der Waals surface area contributed by atoms with Crippen LogP contribution in [0.1, 0.15) is 25.7 Å². The summed E-state index contributed by atoms with van der Waals surface area (Å²) < 4.78 is 5.08. The Balaban J connectivity index is 2.01. The van der Waals surface area contributed by atoms with Crippen molar-refractivity contribution in [2.75, 3.05) is 13.2 Å². The fourth-order valence-electron chi connectivity index (χ4n) is 2.23. The Morgan fingerprint density at radius 1 is 1.43 bits per heavy atom. The van der Waals surface area contributed by atoms with E-state index in [0.717, 1.165) is 12.8 Å². The molecule has 76 valence electrons. The fourth-order valence-corrected chi connectivity index (χ4v) is 2.23. The van der Waals surface area contributed by atoms with Crippen LogP contribution in [0.5, 0.6) is 0 Å². The van der Waals surface area contributed by atoms with Crippen molar-refractivity contribution in [1.82, 2.24) is 4.90 Å². The summed E-state index contributed by atoms with van der Waals surface area (Å²) in [5.41, 5.74) is 0. The Morgan fingerprint density at radius 3 is 2.79 bits per heavy atom. The number of ether oxygens (including phenoxy) is 1. The van der Waals surface area contributed by atoms with E-state index >= 15 is 0 Å². The van der Waals surface area contributed by atoms with Gasteiger partial charge in [-0.3, -0.25) is 4.79 Å². The molecule has 2 rings (SSSR count). The largest absolute Gasteiger partial charge is 0.352 e. The maximum atomic E-state index is 11.5. The van der Waals surface area contributed by atoms with Crippen molar-refractivity contribution in [3.63, 3.8) is 0 Å². The summed E-state index contributed by atoms with van der Waals surface area (Å²) in [6.07, 6.45) is 4.15. The van der Waals surface area contributed by atoms with Gasteiger partial charge in [0.25, 0.3) is 0 Å². The first-order chi connectivity index (χ1) is 6.81. The maximum absolute atomic E-state index is 11.5. The van der Waals surface area contributed by atoms with Gasteiger partial charge in [-0.2, -0.15) is 5.26 Å². The first-order valence-corrected chi connectivity index (χ1v) is 5.12. The van der Waals surface area contributed by atoms with Crippen LogP contribution in [0.4, 0.5) is 0 Å². The highest BCUT2D eigenvalue weighted by atomic mass is 16.5. The minimum Gasteiger partial charge on any atom is -0.352 e. The van der Waals surface area contributed by atoms with Gasteiger partial charge in [-0.15, -0.1) is 0 Å². The van der Waals surface area contributed by atoms with E-state index < -0.39 is 6.10 Å². The molecule has 1 heterocycles. The quantitative estimate of drug-likeness (QED) is 0.616. The molecule has 2 fully saturated rings. The normalized spacial score (nSPS) is 29.2. The second-order valence-electron chi connectivity index (χ2n) is 3.91. The lowest BCUT2D eigenvalue weighted by atomic mass is 10.1. The second kappa shape index (κ2) is 3.97. The first-order valence-electron chi connectivity index (χ1n) is 5.12. The van der Waals surface area contributed by atoms with Crippen LogP contribution in [0.15, 0.2) is 0 Å². The van der Waals surface area contributed by atoms with Crippen molar-refractivity contribution < 1.29 is 9.53 Å². The summed E-state index contributed by atoms with van der Waals surface area (Å²) in [4.78, 5) is 13.4. The number of carbonyl (C=O) groups is 1. The molecule has 0 aromatic rings. The van der Waals surface area contributed by atoms with E-state index in [-0.39, 0.29) is 12.5 Å². The van der Waals surface area contributed by atoms with Gasteiger partial charge in [-0.1, -0.05) is 12.8 Å². The van der Waals surface area contributed by atoms with Crippen LogP contribution < -0.4 is 0 Å². The van der Waals surface area contributed by atoms with Crippen LogP contribution in [-0.2, 0) is 9.53 Å². The Kier molecular flexibility index (Phi) is 2.69. The predicted octanol–water partition coefficient (Wildman–Crippen LogP) is 0.680. The van der Waals surface area contributed by atoms with Crippen molar-refractivity contribution in [3.8, 4) is 6.07 Å². The molecule has 14 heavy (non-hydrogen) atoms. The van der Waals surface area contributed by atoms with Gasteiger partial charge in [0.15, 0.2) is 6.10 Å². The SMILES string of the molecule is N#CC1CN(C2CCCC2)C(=O)CO1. The van der Waals surface area contributed by atoms with Crippen LogP contribution in [-0.4, -0.2) is 36.1 Å². The number of nitriles is 1. The summed E-state index contributed by atoms with van der Waals surface area (Å²) in [5, 5.41) is 8.72. The van der Waals surface area contributed by atoms with Gasteiger partial charge in [-0.25, -0.2) is 0 Å². The number of amides is 1. The Labute approximate surface area is 83.4 Å². The lowest BCUT2D eigenvalue weighted by Crippen LogP contribution is -2.50. The summed E-state index contributed by atoms with van der Waals surface area (Å²) in [7, 11) is 0. The van der Waals surface area contributed by atoms with Gasteiger partial charge in [0.1, 0.15) is 6.61 Å². The molecule has 4 nitrogen and oxygen atoms in total. The van der Waals surface area contributed by atoms with Crippen LogP contribution in [0, 0.1) is 11.3 Å². The smallest absolute Gasteiger partial charge is 0.249 e. The Hall–Kier alpha value is -1.08. The highest BCUT2D eigenvalue weighted by molar-refractivity contribution is 5.78. The van der Waals surface area contributed by atoms with Crippen LogP contribution in [0.2, 0.25) is 0 Å². The highest BCUT2D eigenvalue weighted by Gasteiger charge is 2.32. The molecule has 4 heteroatoms. The van der Waals surface area contributed by atoms with Crippen molar-refractivity contribution >= 4 is 5.91 Å². The Morgan fingerprint density at radius 2 is 2.14 bits per heavy atom. The van der Waals surface area contributed by atoms with E-state index in [1.807, 2.05) is 4.90 Å². The maximum Gasteiger partial charge on any atom is 0.249 e. The summed E-state index contributed by atoms with van der Waals surface area (Å²) in [6.45, 7) is 0.536. The first kappa shape index (κ1) is 9.47. The van der Waals surface area contributed by atoms with Gasteiger partial charge >= 0.3 is 0 Å². The van der Waals surface area contributed by atoms with Gasteiger partial charge in [0.05, 0.1) is 12.6 Å². The van der Waals surface area contributed by atoms with Gasteiger partial charge < -0.3 is 9.64 Å². The molecular weight excluding hydrogens is 180 g/mol. The molecule has 0 bridgehead atoms. The third kappa shape index (κ3) is 1.73. The monoisotopic (exact) mass is 194 g/mol. The van der Waals surface area contributed by atoms with Crippen molar-refractivity contribution in [3.05, 3.63) is 0 Å². The number of nitrogens with zero attached hydrogens (tertiary/aromatic N) is 2. The Bertz CT molecular complexity index is 266. The van der Waals surface area contributed by atoms with E-state index in [1.54, 1.807) is 0 Å². The number of hydrogen-bond donors (Lipinski definition) is 0. The molecular formula is C10H14N2O2. The zero-order chi connectivity index (χ0) is 9.97. The third-order valence-corrected chi connectivity index (χ3v) is 3.00. The minimum absolute atomic E-state index is 0.0448. The fraction of sp³-hybridized carbons (Fsp3) is 0.800. The molecule has 0 aromatic heterocycles. The van der Waals surface area contributed by atoms with Crippen LogP contribution in [0.3, 0.4) is 0 Å². The number of rotatable bonds is 1. The average molecular weight is 194 g/mol. The van der Waals surface area contributed by atoms with E-state index in [0.29, 0.717) is 12.6 Å². The number of morpholine rings is 1. The van der Waals surface area contributed by atoms with Crippen molar-refractivity contribution in [2.45, 2.75) is 37.8 Å². The van der Waals surface area contributed by atoms with E-state index in [1.165, 1.54) is 12.8 Å². The predicted molar refractivity (Wildman–Crippen MR) is 49.3 cm³/mol. The molecule has 0 N–H and O–H groups in total. The summed E-state index contributed by atoms with van der Waals surface area (Å²) in [6, 6.07) is 2.42. The van der Waals surface area contributed by atoms with Crippen LogP contribution >= 0.6 is 0 Å². The standard InChI is InChI=1S/C10H14N2O2/c11-5-9-6-12(10(13)7-14-9)8-3-1-2-4-8/h8-9H,1-4,6-7H2. The van der Waals surface area contributed by atoms with Crippen LogP contribution in [0.25, 0.3) is 0 Å². The zero-order valence-electron chi connectivity index (χ0n) is 8.11. The molecule has 1 atom stereocenters. The topological polar surface area (TPSA) is 53.3 Å². The molecule has 2 aliphatic rings. The average Bonchev–Trinajstić information content (AvgIpc) is 2.71. The van der Waals surface area contributed by atoms with Gasteiger partial charge in [-0.05, 0) is 12.8 Å². The molecule has 1 saturated carbocycles. The van der Waals surface area contributed by atoms with Gasteiger partial charge in [0, 0.05) is 6.04 Å².